The zero-order valence-corrected chi connectivity index (χ0v) is 15.5. The van der Waals surface area contributed by atoms with E-state index < -0.39 is 0 Å². The van der Waals surface area contributed by atoms with Crippen molar-refractivity contribution in [3.63, 3.8) is 0 Å². The smallest absolute Gasteiger partial charge is 0.323 e. The van der Waals surface area contributed by atoms with Crippen LogP contribution in [0.5, 0.6) is 0 Å². The number of piperidine rings is 1. The van der Waals surface area contributed by atoms with Crippen LogP contribution in [0.25, 0.3) is 0 Å². The fraction of sp³-hybridized carbons (Fsp3) is 0.950. The minimum atomic E-state index is -0.186. The Hall–Kier alpha value is -0.610. The van der Waals surface area contributed by atoms with Crippen molar-refractivity contribution in [2.45, 2.75) is 108 Å². The van der Waals surface area contributed by atoms with Crippen molar-refractivity contribution in [3.8, 4) is 0 Å². The highest BCUT2D eigenvalue weighted by molar-refractivity contribution is 5.76. The van der Waals surface area contributed by atoms with Gasteiger partial charge in [0.15, 0.2) is 0 Å². The van der Waals surface area contributed by atoms with E-state index in [0.717, 1.165) is 38.5 Å². The summed E-state index contributed by atoms with van der Waals surface area (Å²) >= 11 is 0. The highest BCUT2D eigenvalue weighted by Crippen LogP contribution is 2.54. The molecular formula is C20H35NO3. The minimum Gasteiger partial charge on any atom is -0.468 e. The summed E-state index contributed by atoms with van der Waals surface area (Å²) in [4.78, 5) is 15.0. The first-order valence-electron chi connectivity index (χ1n) is 10.2. The average molecular weight is 338 g/mol. The zero-order chi connectivity index (χ0) is 17.2. The predicted octanol–water partition coefficient (Wildman–Crippen LogP) is 3.66. The van der Waals surface area contributed by atoms with Gasteiger partial charge in [-0.3, -0.25) is 9.69 Å². The molecule has 2 heterocycles. The number of unbranched alkanes of at least 4 members (excludes halogenated alkanes) is 3. The van der Waals surface area contributed by atoms with Gasteiger partial charge in [0.05, 0.1) is 13.2 Å². The Bertz CT molecular complexity index is 441. The van der Waals surface area contributed by atoms with Crippen LogP contribution in [-0.2, 0) is 9.53 Å². The normalized spacial score (nSPS) is 39.3. The molecule has 3 rings (SSSR count). The van der Waals surface area contributed by atoms with E-state index in [2.05, 4.69) is 11.8 Å². The van der Waals surface area contributed by atoms with Crippen molar-refractivity contribution in [3.05, 3.63) is 0 Å². The van der Waals surface area contributed by atoms with Gasteiger partial charge in [0, 0.05) is 17.5 Å². The van der Waals surface area contributed by atoms with Gasteiger partial charge in [-0.05, 0) is 38.5 Å². The van der Waals surface area contributed by atoms with Crippen LogP contribution < -0.4 is 0 Å². The molecule has 2 aliphatic heterocycles. The Morgan fingerprint density at radius 3 is 2.79 bits per heavy atom. The lowest BCUT2D eigenvalue weighted by molar-refractivity contribution is -0.160. The summed E-state index contributed by atoms with van der Waals surface area (Å²) < 4.78 is 5.13. The number of hydrogen-bond donors (Lipinski definition) is 1. The molecule has 1 saturated carbocycles. The van der Waals surface area contributed by atoms with Crippen LogP contribution in [0.4, 0.5) is 0 Å². The van der Waals surface area contributed by atoms with Crippen LogP contribution in [0.3, 0.4) is 0 Å². The molecule has 5 atom stereocenters. The summed E-state index contributed by atoms with van der Waals surface area (Å²) in [5.74, 6) is 0.291. The third kappa shape index (κ3) is 3.12. The number of methoxy groups -OCH3 is 1. The van der Waals surface area contributed by atoms with Crippen molar-refractivity contribution in [2.75, 3.05) is 7.11 Å². The maximum atomic E-state index is 12.4. The predicted molar refractivity (Wildman–Crippen MR) is 94.7 cm³/mol. The summed E-state index contributed by atoms with van der Waals surface area (Å²) in [5.41, 5.74) is 0.0597. The number of ether oxygens (including phenoxy) is 1. The molecule has 3 fully saturated rings. The molecule has 0 aromatic rings. The fourth-order valence-electron chi connectivity index (χ4n) is 6.00. The topological polar surface area (TPSA) is 49.8 Å². The van der Waals surface area contributed by atoms with E-state index in [0.29, 0.717) is 12.0 Å². The van der Waals surface area contributed by atoms with Crippen LogP contribution in [0.1, 0.15) is 84.0 Å². The Morgan fingerprint density at radius 2 is 2.04 bits per heavy atom. The lowest BCUT2D eigenvalue weighted by atomic mass is 9.64. The van der Waals surface area contributed by atoms with E-state index in [1.807, 2.05) is 0 Å². The van der Waals surface area contributed by atoms with Gasteiger partial charge in [0.25, 0.3) is 0 Å². The highest BCUT2D eigenvalue weighted by Gasteiger charge is 2.60. The summed E-state index contributed by atoms with van der Waals surface area (Å²) in [6.45, 7) is 2.24. The molecule has 1 N–H and O–H groups in total. The van der Waals surface area contributed by atoms with Crippen molar-refractivity contribution < 1.29 is 14.6 Å². The van der Waals surface area contributed by atoms with E-state index >= 15 is 0 Å². The molecular weight excluding hydrogens is 302 g/mol. The van der Waals surface area contributed by atoms with Gasteiger partial charge in [0.1, 0.15) is 6.04 Å². The molecule has 1 spiro atoms. The molecule has 0 amide bonds. The van der Waals surface area contributed by atoms with E-state index in [1.165, 1.54) is 45.6 Å². The second kappa shape index (κ2) is 7.74. The maximum absolute atomic E-state index is 12.4. The SMILES string of the molecule is CCCCCC[C@@H]1C[C@H](O)[C@@H]2CCCC[C@]23CC[C@H](C(=O)OC)N13. The first-order valence-corrected chi connectivity index (χ1v) is 10.2. The molecule has 0 aromatic carbocycles. The van der Waals surface area contributed by atoms with Crippen LogP contribution in [0.2, 0.25) is 0 Å². The Balaban J connectivity index is 1.81. The number of hydrogen-bond acceptors (Lipinski definition) is 4. The van der Waals surface area contributed by atoms with Gasteiger partial charge in [-0.1, -0.05) is 45.4 Å². The molecule has 4 nitrogen and oxygen atoms in total. The summed E-state index contributed by atoms with van der Waals surface area (Å²) in [7, 11) is 1.51. The van der Waals surface area contributed by atoms with E-state index in [4.69, 9.17) is 4.74 Å². The highest BCUT2D eigenvalue weighted by atomic mass is 16.5. The van der Waals surface area contributed by atoms with Gasteiger partial charge in [-0.2, -0.15) is 0 Å². The molecule has 0 bridgehead atoms. The molecule has 4 heteroatoms. The lowest BCUT2D eigenvalue weighted by Crippen LogP contribution is -2.66. The van der Waals surface area contributed by atoms with Crippen LogP contribution in [0.15, 0.2) is 0 Å². The maximum Gasteiger partial charge on any atom is 0.323 e. The summed E-state index contributed by atoms with van der Waals surface area (Å²) in [6, 6.07) is 0.261. The molecule has 0 radical (unpaired) electrons. The number of carbonyl (C=O) groups excluding carboxylic acids is 1. The molecule has 24 heavy (non-hydrogen) atoms. The number of esters is 1. The number of carbonyl (C=O) groups is 1. The van der Waals surface area contributed by atoms with E-state index in [9.17, 15) is 9.90 Å². The van der Waals surface area contributed by atoms with Crippen molar-refractivity contribution in [1.29, 1.82) is 0 Å². The van der Waals surface area contributed by atoms with Gasteiger partial charge < -0.3 is 9.84 Å². The molecule has 3 aliphatic rings. The quantitative estimate of drug-likeness (QED) is 0.594. The Labute approximate surface area is 146 Å². The standard InChI is InChI=1S/C20H35NO3/c1-3-4-5-6-9-15-14-18(22)16-10-7-8-12-20(16)13-11-17(21(15)20)19(23)24-2/h15-18,22H,3-14H2,1-2H3/t15-,16+,17-,18+,20+/m1/s1. The Morgan fingerprint density at radius 1 is 1.21 bits per heavy atom. The van der Waals surface area contributed by atoms with Gasteiger partial charge in [-0.25, -0.2) is 0 Å². The van der Waals surface area contributed by atoms with Crippen LogP contribution in [-0.4, -0.2) is 46.8 Å². The van der Waals surface area contributed by atoms with Gasteiger partial charge in [-0.15, -0.1) is 0 Å². The summed E-state index contributed by atoms with van der Waals surface area (Å²) in [5, 5.41) is 10.9. The number of nitrogens with zero attached hydrogens (tertiary/aromatic N) is 1. The fourth-order valence-corrected chi connectivity index (χ4v) is 6.00. The number of rotatable bonds is 6. The monoisotopic (exact) mass is 337 g/mol. The molecule has 0 aromatic heterocycles. The summed E-state index contributed by atoms with van der Waals surface area (Å²) in [6.07, 6.45) is 13.4. The molecule has 138 valence electrons. The third-order valence-corrected chi connectivity index (χ3v) is 7.00. The van der Waals surface area contributed by atoms with Gasteiger partial charge >= 0.3 is 5.97 Å². The first-order chi connectivity index (χ1) is 11.6. The lowest BCUT2D eigenvalue weighted by Gasteiger charge is -2.57. The van der Waals surface area contributed by atoms with E-state index in [-0.39, 0.29) is 23.7 Å². The average Bonchev–Trinajstić information content (AvgIpc) is 2.97. The van der Waals surface area contributed by atoms with Crippen molar-refractivity contribution in [2.24, 2.45) is 5.92 Å². The number of aliphatic hydroxyl groups is 1. The Kier molecular flexibility index (Phi) is 5.86. The van der Waals surface area contributed by atoms with Crippen LogP contribution in [0, 0.1) is 5.92 Å². The minimum absolute atomic E-state index is 0.0597. The number of aliphatic hydroxyl groups excluding tert-OH is 1. The van der Waals surface area contributed by atoms with Crippen LogP contribution >= 0.6 is 0 Å². The van der Waals surface area contributed by atoms with E-state index in [1.54, 1.807) is 0 Å². The van der Waals surface area contributed by atoms with Crippen molar-refractivity contribution in [1.82, 2.24) is 4.90 Å². The first kappa shape index (κ1) is 18.2. The molecule has 2 saturated heterocycles. The van der Waals surface area contributed by atoms with Crippen molar-refractivity contribution >= 4 is 5.97 Å². The zero-order valence-electron chi connectivity index (χ0n) is 15.5. The third-order valence-electron chi connectivity index (χ3n) is 7.00. The van der Waals surface area contributed by atoms with Gasteiger partial charge in [0.2, 0.25) is 0 Å². The molecule has 1 aliphatic carbocycles. The second-order valence-corrected chi connectivity index (χ2v) is 8.25. The molecule has 0 unspecified atom stereocenters. The second-order valence-electron chi connectivity index (χ2n) is 8.25. The largest absolute Gasteiger partial charge is 0.468 e.